The highest BCUT2D eigenvalue weighted by Gasteiger charge is 2.17. The van der Waals surface area contributed by atoms with Gasteiger partial charge >= 0.3 is 0 Å². The molecule has 2 rings (SSSR count). The monoisotopic (exact) mass is 438 g/mol. The lowest BCUT2D eigenvalue weighted by Gasteiger charge is -2.25. The van der Waals surface area contributed by atoms with Crippen molar-refractivity contribution in [1.82, 2.24) is 15.5 Å². The molecule has 0 bridgehead atoms. The van der Waals surface area contributed by atoms with Crippen molar-refractivity contribution < 1.29 is 4.74 Å². The smallest absolute Gasteiger partial charge is 0.191 e. The van der Waals surface area contributed by atoms with Crippen molar-refractivity contribution in [3.8, 4) is 0 Å². The molecule has 1 aliphatic rings. The van der Waals surface area contributed by atoms with E-state index in [0.717, 1.165) is 32.1 Å². The maximum absolute atomic E-state index is 5.62. The van der Waals surface area contributed by atoms with E-state index < -0.39 is 0 Å². The zero-order chi connectivity index (χ0) is 15.1. The van der Waals surface area contributed by atoms with Gasteiger partial charge in [-0.1, -0.05) is 6.07 Å². The van der Waals surface area contributed by atoms with E-state index in [1.807, 2.05) is 0 Å². The summed E-state index contributed by atoms with van der Waals surface area (Å²) in [6, 6.07) is 4.63. The van der Waals surface area contributed by atoms with Crippen LogP contribution in [0.2, 0.25) is 0 Å². The Morgan fingerprint density at radius 1 is 1.50 bits per heavy atom. The second-order valence-corrected chi connectivity index (χ2v) is 6.44. The van der Waals surface area contributed by atoms with Crippen molar-refractivity contribution in [3.63, 3.8) is 0 Å². The van der Waals surface area contributed by atoms with E-state index in [1.165, 1.54) is 11.3 Å². The molecule has 5 nitrogen and oxygen atoms in total. The molecule has 1 saturated heterocycles. The first kappa shape index (κ1) is 19.7. The molecule has 0 aromatic carbocycles. The zero-order valence-corrected chi connectivity index (χ0v) is 16.7. The number of nitrogens with zero attached hydrogens (tertiary/aromatic N) is 2. The molecular weight excluding hydrogens is 411 g/mol. The Morgan fingerprint density at radius 2 is 2.32 bits per heavy atom. The van der Waals surface area contributed by atoms with Crippen LogP contribution in [0.25, 0.3) is 0 Å². The molecule has 1 aromatic heterocycles. The highest BCUT2D eigenvalue weighted by atomic mass is 127. The van der Waals surface area contributed by atoms with Crippen molar-refractivity contribution >= 4 is 41.3 Å². The largest absolute Gasteiger partial charge is 0.376 e. The standard InChI is InChI=1S/C15H26N4OS.HI/c1-16-15(17-10-12-6-4-8-20-12)18-11-13(19(2)3)14-7-5-9-21-14;/h5,7,9,12-13H,4,6,8,10-11H2,1-3H3,(H2,16,17,18);1H. The quantitative estimate of drug-likeness (QED) is 0.407. The highest BCUT2D eigenvalue weighted by molar-refractivity contribution is 14.0. The fourth-order valence-electron chi connectivity index (χ4n) is 2.45. The van der Waals surface area contributed by atoms with Gasteiger partial charge in [0.1, 0.15) is 0 Å². The fourth-order valence-corrected chi connectivity index (χ4v) is 3.37. The van der Waals surface area contributed by atoms with Crippen LogP contribution in [0.5, 0.6) is 0 Å². The van der Waals surface area contributed by atoms with Gasteiger partial charge in [-0.05, 0) is 38.4 Å². The summed E-state index contributed by atoms with van der Waals surface area (Å²) in [6.45, 7) is 2.55. The van der Waals surface area contributed by atoms with Gasteiger partial charge in [-0.2, -0.15) is 0 Å². The maximum Gasteiger partial charge on any atom is 0.191 e. The van der Waals surface area contributed by atoms with E-state index in [0.29, 0.717) is 12.1 Å². The molecule has 1 aromatic rings. The van der Waals surface area contributed by atoms with Crippen LogP contribution in [0.15, 0.2) is 22.5 Å². The summed E-state index contributed by atoms with van der Waals surface area (Å²) < 4.78 is 5.62. The Hall–Kier alpha value is -0.380. The van der Waals surface area contributed by atoms with Crippen LogP contribution < -0.4 is 10.6 Å². The topological polar surface area (TPSA) is 48.9 Å². The molecule has 1 aliphatic heterocycles. The number of likely N-dealkylation sites (N-methyl/N-ethyl adjacent to an activating group) is 1. The summed E-state index contributed by atoms with van der Waals surface area (Å²) in [6.07, 6.45) is 2.63. The fraction of sp³-hybridized carbons (Fsp3) is 0.667. The summed E-state index contributed by atoms with van der Waals surface area (Å²) in [4.78, 5) is 7.88. The third kappa shape index (κ3) is 6.02. The molecule has 2 atom stereocenters. The normalized spacial score (nSPS) is 19.8. The average molecular weight is 438 g/mol. The van der Waals surface area contributed by atoms with Crippen LogP contribution in [0.4, 0.5) is 0 Å². The van der Waals surface area contributed by atoms with Gasteiger partial charge in [0, 0.05) is 31.6 Å². The minimum Gasteiger partial charge on any atom is -0.376 e. The molecular formula is C15H27IN4OS. The van der Waals surface area contributed by atoms with Gasteiger partial charge in [-0.15, -0.1) is 35.3 Å². The predicted molar refractivity (Wildman–Crippen MR) is 105 cm³/mol. The number of thiophene rings is 1. The van der Waals surface area contributed by atoms with Crippen LogP contribution in [0.3, 0.4) is 0 Å². The Bertz CT molecular complexity index is 433. The van der Waals surface area contributed by atoms with E-state index in [1.54, 1.807) is 18.4 Å². The molecule has 2 unspecified atom stereocenters. The van der Waals surface area contributed by atoms with Gasteiger partial charge in [0.25, 0.3) is 0 Å². The zero-order valence-electron chi connectivity index (χ0n) is 13.5. The Morgan fingerprint density at radius 3 is 2.86 bits per heavy atom. The Kier molecular flexibility index (Phi) is 9.30. The van der Waals surface area contributed by atoms with Crippen LogP contribution in [-0.2, 0) is 4.74 Å². The minimum absolute atomic E-state index is 0. The first-order valence-electron chi connectivity index (χ1n) is 7.46. The van der Waals surface area contributed by atoms with Crippen LogP contribution in [-0.4, -0.2) is 57.8 Å². The molecule has 0 spiro atoms. The molecule has 2 heterocycles. The highest BCUT2D eigenvalue weighted by Crippen LogP contribution is 2.22. The van der Waals surface area contributed by atoms with Gasteiger partial charge in [-0.25, -0.2) is 0 Å². The van der Waals surface area contributed by atoms with Gasteiger partial charge in [0.2, 0.25) is 0 Å². The van der Waals surface area contributed by atoms with E-state index >= 15 is 0 Å². The van der Waals surface area contributed by atoms with E-state index in [4.69, 9.17) is 4.74 Å². The molecule has 0 aliphatic carbocycles. The van der Waals surface area contributed by atoms with E-state index in [-0.39, 0.29) is 24.0 Å². The number of guanidine groups is 1. The van der Waals surface area contributed by atoms with Gasteiger partial charge in [-0.3, -0.25) is 4.99 Å². The molecule has 0 radical (unpaired) electrons. The van der Waals surface area contributed by atoms with Crippen molar-refractivity contribution in [2.24, 2.45) is 4.99 Å². The van der Waals surface area contributed by atoms with Crippen molar-refractivity contribution in [2.75, 3.05) is 40.8 Å². The molecule has 0 amide bonds. The summed E-state index contributed by atoms with van der Waals surface area (Å²) in [5, 5.41) is 8.88. The number of nitrogens with one attached hydrogen (secondary N) is 2. The molecule has 126 valence electrons. The molecule has 7 heteroatoms. The number of ether oxygens (including phenoxy) is 1. The predicted octanol–water partition coefficient (Wildman–Crippen LogP) is 2.31. The lowest BCUT2D eigenvalue weighted by atomic mass is 10.2. The second kappa shape index (κ2) is 10.4. The first-order chi connectivity index (χ1) is 10.2. The number of hydrogen-bond acceptors (Lipinski definition) is 4. The molecule has 2 N–H and O–H groups in total. The Labute approximate surface area is 154 Å². The first-order valence-corrected chi connectivity index (χ1v) is 8.34. The van der Waals surface area contributed by atoms with Crippen molar-refractivity contribution in [1.29, 1.82) is 0 Å². The SMILES string of the molecule is CN=C(NCC1CCCO1)NCC(c1cccs1)N(C)C.I. The van der Waals surface area contributed by atoms with Gasteiger partial charge in [0.15, 0.2) is 5.96 Å². The summed E-state index contributed by atoms with van der Waals surface area (Å²) in [5.74, 6) is 0.842. The van der Waals surface area contributed by atoms with Gasteiger partial charge in [0.05, 0.1) is 12.1 Å². The summed E-state index contributed by atoms with van der Waals surface area (Å²) in [7, 11) is 6.02. The maximum atomic E-state index is 5.62. The number of rotatable bonds is 6. The van der Waals surface area contributed by atoms with Crippen molar-refractivity contribution in [3.05, 3.63) is 22.4 Å². The lowest BCUT2D eigenvalue weighted by molar-refractivity contribution is 0.113. The van der Waals surface area contributed by atoms with Gasteiger partial charge < -0.3 is 20.3 Å². The molecule has 0 saturated carbocycles. The van der Waals surface area contributed by atoms with Crippen LogP contribution in [0.1, 0.15) is 23.8 Å². The van der Waals surface area contributed by atoms with Crippen LogP contribution in [0, 0.1) is 0 Å². The third-order valence-corrected chi connectivity index (χ3v) is 4.68. The molecule has 22 heavy (non-hydrogen) atoms. The summed E-state index contributed by atoms with van der Waals surface area (Å²) in [5.41, 5.74) is 0. The summed E-state index contributed by atoms with van der Waals surface area (Å²) >= 11 is 1.79. The van der Waals surface area contributed by atoms with E-state index in [2.05, 4.69) is 52.1 Å². The minimum atomic E-state index is 0. The van der Waals surface area contributed by atoms with Crippen LogP contribution >= 0.6 is 35.3 Å². The van der Waals surface area contributed by atoms with Crippen molar-refractivity contribution in [2.45, 2.75) is 25.0 Å². The molecule has 1 fully saturated rings. The average Bonchev–Trinajstić information content (AvgIpc) is 3.15. The number of hydrogen-bond donors (Lipinski definition) is 2. The Balaban J connectivity index is 0.00000242. The number of halogens is 1. The lowest BCUT2D eigenvalue weighted by Crippen LogP contribution is -2.44. The van der Waals surface area contributed by atoms with E-state index in [9.17, 15) is 0 Å². The number of aliphatic imine (C=N–C) groups is 1. The second-order valence-electron chi connectivity index (χ2n) is 5.46. The third-order valence-electron chi connectivity index (χ3n) is 3.70.